The van der Waals surface area contributed by atoms with E-state index in [4.69, 9.17) is 10.5 Å². The minimum Gasteiger partial charge on any atom is -0.493 e. The Labute approximate surface area is 106 Å². The summed E-state index contributed by atoms with van der Waals surface area (Å²) in [5.74, 6) is 0.885. The zero-order chi connectivity index (χ0) is 12.0. The lowest BCUT2D eigenvalue weighted by Crippen LogP contribution is -2.16. The highest BCUT2D eigenvalue weighted by Crippen LogP contribution is 2.26. The van der Waals surface area contributed by atoms with Gasteiger partial charge in [-0.05, 0) is 32.6 Å². The van der Waals surface area contributed by atoms with E-state index >= 15 is 0 Å². The van der Waals surface area contributed by atoms with E-state index in [-0.39, 0.29) is 0 Å². The van der Waals surface area contributed by atoms with Crippen molar-refractivity contribution in [1.29, 1.82) is 0 Å². The van der Waals surface area contributed by atoms with Crippen LogP contribution in [0.3, 0.4) is 0 Å². The molecular formula is C12H19BrN2O. The number of hydrogen-bond donors (Lipinski definition) is 1. The number of nitrogens with zero attached hydrogens (tertiary/aromatic N) is 1. The van der Waals surface area contributed by atoms with E-state index in [9.17, 15) is 0 Å². The standard InChI is InChI=1S/C12H19BrN2O/c1-15(2)7-4-8-16-12-6-3-5-11(13)10(12)9-14/h3,5-6H,4,7-9,14H2,1-2H3. The number of rotatable bonds is 6. The summed E-state index contributed by atoms with van der Waals surface area (Å²) in [4.78, 5) is 2.15. The first-order valence-corrected chi connectivity index (χ1v) is 6.19. The van der Waals surface area contributed by atoms with E-state index in [0.29, 0.717) is 6.54 Å². The maximum absolute atomic E-state index is 5.72. The second-order valence-electron chi connectivity index (χ2n) is 3.93. The Morgan fingerprint density at radius 3 is 2.75 bits per heavy atom. The lowest BCUT2D eigenvalue weighted by atomic mass is 10.2. The van der Waals surface area contributed by atoms with Crippen LogP contribution in [0.2, 0.25) is 0 Å². The van der Waals surface area contributed by atoms with Crippen molar-refractivity contribution in [3.8, 4) is 5.75 Å². The summed E-state index contributed by atoms with van der Waals surface area (Å²) in [6.07, 6.45) is 1.02. The van der Waals surface area contributed by atoms with Crippen molar-refractivity contribution in [2.75, 3.05) is 27.2 Å². The molecule has 0 saturated carbocycles. The topological polar surface area (TPSA) is 38.5 Å². The normalized spacial score (nSPS) is 10.8. The first-order valence-electron chi connectivity index (χ1n) is 5.40. The van der Waals surface area contributed by atoms with Crippen molar-refractivity contribution < 1.29 is 4.74 Å². The van der Waals surface area contributed by atoms with Crippen molar-refractivity contribution >= 4 is 15.9 Å². The Morgan fingerprint density at radius 2 is 2.12 bits per heavy atom. The monoisotopic (exact) mass is 286 g/mol. The molecule has 0 aliphatic heterocycles. The molecule has 0 saturated heterocycles. The van der Waals surface area contributed by atoms with E-state index in [1.165, 1.54) is 0 Å². The third-order valence-electron chi connectivity index (χ3n) is 2.29. The molecular weight excluding hydrogens is 268 g/mol. The highest BCUT2D eigenvalue weighted by molar-refractivity contribution is 9.10. The zero-order valence-electron chi connectivity index (χ0n) is 9.87. The van der Waals surface area contributed by atoms with Gasteiger partial charge in [0.2, 0.25) is 0 Å². The largest absolute Gasteiger partial charge is 0.493 e. The highest BCUT2D eigenvalue weighted by atomic mass is 79.9. The SMILES string of the molecule is CN(C)CCCOc1cccc(Br)c1CN. The average Bonchev–Trinajstić information content (AvgIpc) is 2.24. The molecule has 0 radical (unpaired) electrons. The number of halogens is 1. The van der Waals surface area contributed by atoms with Gasteiger partial charge in [0.05, 0.1) is 6.61 Å². The Balaban J connectivity index is 2.50. The quantitative estimate of drug-likeness (QED) is 0.815. The second kappa shape index (κ2) is 6.89. The van der Waals surface area contributed by atoms with Gasteiger partial charge in [0, 0.05) is 23.1 Å². The van der Waals surface area contributed by atoms with Crippen molar-refractivity contribution in [2.45, 2.75) is 13.0 Å². The van der Waals surface area contributed by atoms with Gasteiger partial charge in [0.25, 0.3) is 0 Å². The Hall–Kier alpha value is -0.580. The number of hydrogen-bond acceptors (Lipinski definition) is 3. The van der Waals surface area contributed by atoms with Gasteiger partial charge in [-0.25, -0.2) is 0 Å². The molecule has 0 aromatic heterocycles. The van der Waals surface area contributed by atoms with E-state index < -0.39 is 0 Å². The summed E-state index contributed by atoms with van der Waals surface area (Å²) in [5.41, 5.74) is 6.72. The molecule has 16 heavy (non-hydrogen) atoms. The smallest absolute Gasteiger partial charge is 0.124 e. The van der Waals surface area contributed by atoms with Crippen LogP contribution in [0.15, 0.2) is 22.7 Å². The molecule has 4 heteroatoms. The van der Waals surface area contributed by atoms with E-state index in [1.807, 2.05) is 18.2 Å². The summed E-state index contributed by atoms with van der Waals surface area (Å²) in [6.45, 7) is 2.25. The maximum atomic E-state index is 5.72. The van der Waals surface area contributed by atoms with Crippen molar-refractivity contribution in [1.82, 2.24) is 4.90 Å². The molecule has 3 nitrogen and oxygen atoms in total. The molecule has 2 N–H and O–H groups in total. The number of benzene rings is 1. The van der Waals surface area contributed by atoms with Crippen LogP contribution in [0, 0.1) is 0 Å². The zero-order valence-corrected chi connectivity index (χ0v) is 11.5. The van der Waals surface area contributed by atoms with Crippen molar-refractivity contribution in [3.63, 3.8) is 0 Å². The molecule has 1 rings (SSSR count). The molecule has 0 unspecified atom stereocenters. The molecule has 0 amide bonds. The summed E-state index contributed by atoms with van der Waals surface area (Å²) in [5, 5.41) is 0. The molecule has 1 aromatic rings. The Bertz CT molecular complexity index is 329. The fourth-order valence-corrected chi connectivity index (χ4v) is 1.94. The van der Waals surface area contributed by atoms with E-state index in [1.54, 1.807) is 0 Å². The van der Waals surface area contributed by atoms with Crippen LogP contribution in [0.5, 0.6) is 5.75 Å². The van der Waals surface area contributed by atoms with Gasteiger partial charge < -0.3 is 15.4 Å². The third-order valence-corrected chi connectivity index (χ3v) is 3.03. The molecule has 0 aliphatic rings. The van der Waals surface area contributed by atoms with Gasteiger partial charge in [-0.15, -0.1) is 0 Å². The maximum Gasteiger partial charge on any atom is 0.124 e. The predicted octanol–water partition coefficient (Wildman–Crippen LogP) is 2.24. The van der Waals surface area contributed by atoms with Gasteiger partial charge in [-0.1, -0.05) is 22.0 Å². The molecule has 0 spiro atoms. The van der Waals surface area contributed by atoms with Crippen LogP contribution in [0.4, 0.5) is 0 Å². The minimum absolute atomic E-state index is 0.491. The first kappa shape index (κ1) is 13.5. The predicted molar refractivity (Wildman–Crippen MR) is 70.7 cm³/mol. The molecule has 1 aromatic carbocycles. The Morgan fingerprint density at radius 1 is 1.38 bits per heavy atom. The van der Waals surface area contributed by atoms with E-state index in [0.717, 1.165) is 35.4 Å². The molecule has 0 bridgehead atoms. The molecule has 90 valence electrons. The van der Waals surface area contributed by atoms with Crippen LogP contribution < -0.4 is 10.5 Å². The number of ether oxygens (including phenoxy) is 1. The van der Waals surface area contributed by atoms with Crippen molar-refractivity contribution in [2.24, 2.45) is 5.73 Å². The molecule has 0 atom stereocenters. The van der Waals surface area contributed by atoms with Gasteiger partial charge in [0.1, 0.15) is 5.75 Å². The van der Waals surface area contributed by atoms with Gasteiger partial charge >= 0.3 is 0 Å². The fraction of sp³-hybridized carbons (Fsp3) is 0.500. The lowest BCUT2D eigenvalue weighted by molar-refractivity contribution is 0.279. The van der Waals surface area contributed by atoms with Gasteiger partial charge in [-0.2, -0.15) is 0 Å². The van der Waals surface area contributed by atoms with Crippen LogP contribution in [0.1, 0.15) is 12.0 Å². The van der Waals surface area contributed by atoms with Crippen LogP contribution in [-0.2, 0) is 6.54 Å². The number of nitrogens with two attached hydrogens (primary N) is 1. The molecule has 0 fully saturated rings. The summed E-state index contributed by atoms with van der Waals surface area (Å²) in [7, 11) is 4.12. The van der Waals surface area contributed by atoms with Crippen LogP contribution >= 0.6 is 15.9 Å². The first-order chi connectivity index (χ1) is 7.65. The fourth-order valence-electron chi connectivity index (χ4n) is 1.44. The molecule has 0 heterocycles. The average molecular weight is 287 g/mol. The lowest BCUT2D eigenvalue weighted by Gasteiger charge is -2.13. The van der Waals surface area contributed by atoms with Gasteiger partial charge in [0.15, 0.2) is 0 Å². The van der Waals surface area contributed by atoms with Crippen LogP contribution in [-0.4, -0.2) is 32.1 Å². The van der Waals surface area contributed by atoms with Gasteiger partial charge in [-0.3, -0.25) is 0 Å². The van der Waals surface area contributed by atoms with Crippen LogP contribution in [0.25, 0.3) is 0 Å². The second-order valence-corrected chi connectivity index (χ2v) is 4.78. The van der Waals surface area contributed by atoms with Crippen molar-refractivity contribution in [3.05, 3.63) is 28.2 Å². The van der Waals surface area contributed by atoms with E-state index in [2.05, 4.69) is 34.9 Å². The summed E-state index contributed by atoms with van der Waals surface area (Å²) >= 11 is 3.47. The highest BCUT2D eigenvalue weighted by Gasteiger charge is 2.05. The Kier molecular flexibility index (Phi) is 5.80. The third kappa shape index (κ3) is 4.12. The molecule has 0 aliphatic carbocycles. The minimum atomic E-state index is 0.491. The summed E-state index contributed by atoms with van der Waals surface area (Å²) < 4.78 is 6.74. The summed E-state index contributed by atoms with van der Waals surface area (Å²) in [6, 6.07) is 5.90.